The molecule has 0 fully saturated rings. The van der Waals surface area contributed by atoms with Gasteiger partial charge in [-0.25, -0.2) is 0 Å². The molecule has 1 aromatic heterocycles. The van der Waals surface area contributed by atoms with Crippen LogP contribution < -0.4 is 15.4 Å². The van der Waals surface area contributed by atoms with Gasteiger partial charge in [-0.1, -0.05) is 11.6 Å². The topological polar surface area (TPSA) is 68.2 Å². The molecule has 22 heavy (non-hydrogen) atoms. The van der Waals surface area contributed by atoms with Crippen LogP contribution >= 0.6 is 11.6 Å². The number of halogens is 1. The van der Waals surface area contributed by atoms with E-state index in [9.17, 15) is 4.79 Å². The minimum Gasteiger partial charge on any atom is -0.491 e. The summed E-state index contributed by atoms with van der Waals surface area (Å²) in [6.07, 6.45) is 3.49. The molecule has 3 rings (SSSR count). The fourth-order valence-electron chi connectivity index (χ4n) is 2.60. The highest BCUT2D eigenvalue weighted by Crippen LogP contribution is 2.34. The molecule has 0 bridgehead atoms. The standard InChI is InChI=1S/C15H17ClN4O2/c1-17-14(9-6-18-20(2)7-9)15(21)19-12-8-22-13-4-3-10(16)5-11(12)13/h3-7,12,14,17H,8H2,1-2H3,(H,19,21). The third-order valence-electron chi connectivity index (χ3n) is 3.68. The Balaban J connectivity index is 1.76. The SMILES string of the molecule is CNC(C(=O)NC1COc2ccc(Cl)cc21)c1cnn(C)c1. The Morgan fingerprint density at radius 2 is 2.36 bits per heavy atom. The van der Waals surface area contributed by atoms with Crippen LogP contribution in [-0.2, 0) is 11.8 Å². The molecular weight excluding hydrogens is 304 g/mol. The quantitative estimate of drug-likeness (QED) is 0.897. The van der Waals surface area contributed by atoms with Gasteiger partial charge in [0.1, 0.15) is 18.4 Å². The van der Waals surface area contributed by atoms with E-state index in [1.165, 1.54) is 0 Å². The van der Waals surface area contributed by atoms with Crippen molar-refractivity contribution < 1.29 is 9.53 Å². The molecule has 2 heterocycles. The Kier molecular flexibility index (Phi) is 4.04. The van der Waals surface area contributed by atoms with Gasteiger partial charge in [0.15, 0.2) is 0 Å². The number of hydrogen-bond acceptors (Lipinski definition) is 4. The highest BCUT2D eigenvalue weighted by molar-refractivity contribution is 6.30. The molecule has 2 atom stereocenters. The summed E-state index contributed by atoms with van der Waals surface area (Å²) in [7, 11) is 3.56. The van der Waals surface area contributed by atoms with E-state index in [1.807, 2.05) is 25.4 Å². The summed E-state index contributed by atoms with van der Waals surface area (Å²) in [5, 5.41) is 10.7. The van der Waals surface area contributed by atoms with E-state index in [0.29, 0.717) is 11.6 Å². The van der Waals surface area contributed by atoms with Crippen molar-refractivity contribution >= 4 is 17.5 Å². The Morgan fingerprint density at radius 3 is 3.05 bits per heavy atom. The number of benzene rings is 1. The number of carbonyl (C=O) groups excluding carboxylic acids is 1. The number of nitrogens with zero attached hydrogens (tertiary/aromatic N) is 2. The molecule has 0 spiro atoms. The number of amides is 1. The highest BCUT2D eigenvalue weighted by atomic mass is 35.5. The van der Waals surface area contributed by atoms with Gasteiger partial charge in [-0.3, -0.25) is 9.48 Å². The van der Waals surface area contributed by atoms with E-state index in [1.54, 1.807) is 24.0 Å². The monoisotopic (exact) mass is 320 g/mol. The lowest BCUT2D eigenvalue weighted by molar-refractivity contribution is -0.124. The molecule has 2 unspecified atom stereocenters. The maximum absolute atomic E-state index is 12.5. The number of aromatic nitrogens is 2. The fraction of sp³-hybridized carbons (Fsp3) is 0.333. The van der Waals surface area contributed by atoms with Crippen LogP contribution in [0, 0.1) is 0 Å². The van der Waals surface area contributed by atoms with E-state index in [2.05, 4.69) is 15.7 Å². The van der Waals surface area contributed by atoms with Crippen LogP contribution in [0.2, 0.25) is 5.02 Å². The van der Waals surface area contributed by atoms with E-state index in [0.717, 1.165) is 16.9 Å². The van der Waals surface area contributed by atoms with Crippen LogP contribution in [0.4, 0.5) is 0 Å². The minimum absolute atomic E-state index is 0.128. The molecule has 1 amide bonds. The molecule has 6 nitrogen and oxygen atoms in total. The van der Waals surface area contributed by atoms with Crippen molar-refractivity contribution in [3.8, 4) is 5.75 Å². The Hall–Kier alpha value is -2.05. The molecule has 0 radical (unpaired) electrons. The number of fused-ring (bicyclic) bond motifs is 1. The van der Waals surface area contributed by atoms with Crippen LogP contribution in [0.1, 0.15) is 23.2 Å². The third-order valence-corrected chi connectivity index (χ3v) is 3.91. The second kappa shape index (κ2) is 5.98. The first-order valence-corrected chi connectivity index (χ1v) is 7.34. The second-order valence-electron chi connectivity index (χ2n) is 5.22. The van der Waals surface area contributed by atoms with Crippen molar-refractivity contribution in [2.75, 3.05) is 13.7 Å². The molecule has 1 aliphatic rings. The van der Waals surface area contributed by atoms with Gasteiger partial charge in [0.2, 0.25) is 5.91 Å². The van der Waals surface area contributed by atoms with E-state index < -0.39 is 6.04 Å². The van der Waals surface area contributed by atoms with Crippen LogP contribution in [-0.4, -0.2) is 29.3 Å². The largest absolute Gasteiger partial charge is 0.491 e. The lowest BCUT2D eigenvalue weighted by Gasteiger charge is -2.18. The summed E-state index contributed by atoms with van der Waals surface area (Å²) in [5.41, 5.74) is 1.72. The summed E-state index contributed by atoms with van der Waals surface area (Å²) in [5.74, 6) is 0.633. The molecule has 2 aromatic rings. The van der Waals surface area contributed by atoms with Crippen LogP contribution in [0.15, 0.2) is 30.6 Å². The average Bonchev–Trinajstić information content (AvgIpc) is 3.07. The summed E-state index contributed by atoms with van der Waals surface area (Å²) in [6, 6.07) is 4.76. The molecular formula is C15H17ClN4O2. The van der Waals surface area contributed by atoms with Gasteiger partial charge >= 0.3 is 0 Å². The first kappa shape index (κ1) is 14.9. The molecule has 7 heteroatoms. The van der Waals surface area contributed by atoms with Gasteiger partial charge < -0.3 is 15.4 Å². The first-order chi connectivity index (χ1) is 10.6. The normalized spacial score (nSPS) is 17.7. The molecule has 1 aliphatic heterocycles. The number of hydrogen-bond donors (Lipinski definition) is 2. The van der Waals surface area contributed by atoms with Crippen LogP contribution in [0.5, 0.6) is 5.75 Å². The molecule has 1 aromatic carbocycles. The maximum atomic E-state index is 12.5. The Bertz CT molecular complexity index is 701. The minimum atomic E-state index is -0.461. The summed E-state index contributed by atoms with van der Waals surface area (Å²) in [4.78, 5) is 12.5. The fourth-order valence-corrected chi connectivity index (χ4v) is 2.78. The lowest BCUT2D eigenvalue weighted by Crippen LogP contribution is -2.38. The Morgan fingerprint density at radius 1 is 1.55 bits per heavy atom. The number of ether oxygens (including phenoxy) is 1. The van der Waals surface area contributed by atoms with Gasteiger partial charge in [0, 0.05) is 29.4 Å². The van der Waals surface area contributed by atoms with Gasteiger partial charge in [0.25, 0.3) is 0 Å². The van der Waals surface area contributed by atoms with E-state index in [4.69, 9.17) is 16.3 Å². The predicted molar refractivity (Wildman–Crippen MR) is 82.8 cm³/mol. The van der Waals surface area contributed by atoms with E-state index in [-0.39, 0.29) is 11.9 Å². The maximum Gasteiger partial charge on any atom is 0.242 e. The number of carbonyl (C=O) groups is 1. The zero-order valence-electron chi connectivity index (χ0n) is 12.3. The summed E-state index contributed by atoms with van der Waals surface area (Å²) in [6.45, 7) is 0.408. The average molecular weight is 321 g/mol. The molecule has 116 valence electrons. The molecule has 0 saturated heterocycles. The van der Waals surface area contributed by atoms with E-state index >= 15 is 0 Å². The molecule has 0 saturated carbocycles. The van der Waals surface area contributed by atoms with Gasteiger partial charge in [-0.05, 0) is 25.2 Å². The lowest BCUT2D eigenvalue weighted by atomic mass is 10.1. The van der Waals surface area contributed by atoms with Crippen molar-refractivity contribution in [1.82, 2.24) is 20.4 Å². The van der Waals surface area contributed by atoms with Crippen molar-refractivity contribution in [1.29, 1.82) is 0 Å². The van der Waals surface area contributed by atoms with Gasteiger partial charge in [0.05, 0.1) is 12.2 Å². The van der Waals surface area contributed by atoms with Gasteiger partial charge in [-0.15, -0.1) is 0 Å². The predicted octanol–water partition coefficient (Wildman–Crippen LogP) is 1.58. The number of aryl methyl sites for hydroxylation is 1. The number of nitrogens with one attached hydrogen (secondary N) is 2. The molecule has 2 N–H and O–H groups in total. The van der Waals surface area contributed by atoms with Crippen LogP contribution in [0.25, 0.3) is 0 Å². The Labute approximate surface area is 133 Å². The van der Waals surface area contributed by atoms with Gasteiger partial charge in [-0.2, -0.15) is 5.10 Å². The summed E-state index contributed by atoms with van der Waals surface area (Å²) >= 11 is 6.02. The first-order valence-electron chi connectivity index (χ1n) is 6.97. The zero-order chi connectivity index (χ0) is 15.7. The van der Waals surface area contributed by atoms with Crippen LogP contribution in [0.3, 0.4) is 0 Å². The van der Waals surface area contributed by atoms with Crippen molar-refractivity contribution in [2.45, 2.75) is 12.1 Å². The zero-order valence-corrected chi connectivity index (χ0v) is 13.1. The highest BCUT2D eigenvalue weighted by Gasteiger charge is 2.29. The van der Waals surface area contributed by atoms with Crippen molar-refractivity contribution in [3.63, 3.8) is 0 Å². The smallest absolute Gasteiger partial charge is 0.242 e. The third kappa shape index (κ3) is 2.80. The second-order valence-corrected chi connectivity index (χ2v) is 5.66. The number of likely N-dealkylation sites (N-methyl/N-ethyl adjacent to an activating group) is 1. The summed E-state index contributed by atoms with van der Waals surface area (Å²) < 4.78 is 7.25. The molecule has 0 aliphatic carbocycles. The van der Waals surface area contributed by atoms with Crippen molar-refractivity contribution in [2.24, 2.45) is 7.05 Å². The number of rotatable bonds is 4. The van der Waals surface area contributed by atoms with Crippen molar-refractivity contribution in [3.05, 3.63) is 46.7 Å².